The fourth-order valence-corrected chi connectivity index (χ4v) is 1.64. The lowest BCUT2D eigenvalue weighted by Crippen LogP contribution is -2.01. The van der Waals surface area contributed by atoms with Crippen molar-refractivity contribution in [2.45, 2.75) is 13.3 Å². The number of hydrogen-bond acceptors (Lipinski definition) is 3. The summed E-state index contributed by atoms with van der Waals surface area (Å²) in [7, 11) is 1.89. The maximum absolute atomic E-state index is 9.53. The number of benzene rings is 1. The van der Waals surface area contributed by atoms with Crippen LogP contribution in [0.15, 0.2) is 30.6 Å². The molecule has 1 heterocycles. The van der Waals surface area contributed by atoms with E-state index in [1.807, 2.05) is 32.4 Å². The number of nitrogens with zero attached hydrogens (tertiary/aromatic N) is 2. The monoisotopic (exact) mass is 232 g/mol. The summed E-state index contributed by atoms with van der Waals surface area (Å²) in [6.45, 7) is 2.42. The quantitative estimate of drug-likeness (QED) is 0.877. The number of phenols is 1. The Balaban J connectivity index is 1.92. The Morgan fingerprint density at radius 2 is 2.24 bits per heavy atom. The highest BCUT2D eigenvalue weighted by Gasteiger charge is 2.03. The third kappa shape index (κ3) is 2.78. The third-order valence-electron chi connectivity index (χ3n) is 2.66. The van der Waals surface area contributed by atoms with Gasteiger partial charge in [0.05, 0.1) is 12.8 Å². The van der Waals surface area contributed by atoms with Crippen molar-refractivity contribution in [2.75, 3.05) is 6.61 Å². The second kappa shape index (κ2) is 4.91. The minimum absolute atomic E-state index is 0.267. The van der Waals surface area contributed by atoms with Crippen LogP contribution in [0.1, 0.15) is 11.1 Å². The smallest absolute Gasteiger partial charge is 0.125 e. The summed E-state index contributed by atoms with van der Waals surface area (Å²) in [5.74, 6) is 0.998. The Kier molecular flexibility index (Phi) is 3.32. The molecule has 1 aromatic carbocycles. The van der Waals surface area contributed by atoms with Crippen LogP contribution in [0.2, 0.25) is 0 Å². The van der Waals surface area contributed by atoms with Crippen LogP contribution in [0.25, 0.3) is 0 Å². The van der Waals surface area contributed by atoms with Gasteiger partial charge in [0.1, 0.15) is 11.5 Å². The maximum atomic E-state index is 9.53. The van der Waals surface area contributed by atoms with Crippen molar-refractivity contribution < 1.29 is 9.84 Å². The molecule has 0 aliphatic carbocycles. The van der Waals surface area contributed by atoms with Gasteiger partial charge in [-0.25, -0.2) is 0 Å². The van der Waals surface area contributed by atoms with E-state index in [1.54, 1.807) is 16.8 Å². The van der Waals surface area contributed by atoms with Crippen LogP contribution in [-0.2, 0) is 13.5 Å². The number of aromatic hydroxyl groups is 1. The molecule has 0 saturated heterocycles. The van der Waals surface area contributed by atoms with Gasteiger partial charge in [-0.2, -0.15) is 5.10 Å². The summed E-state index contributed by atoms with van der Waals surface area (Å²) < 4.78 is 7.41. The van der Waals surface area contributed by atoms with Crippen molar-refractivity contribution in [3.05, 3.63) is 41.7 Å². The van der Waals surface area contributed by atoms with Gasteiger partial charge in [-0.1, -0.05) is 6.07 Å². The Bertz CT molecular complexity index is 506. The zero-order valence-corrected chi connectivity index (χ0v) is 10.1. The molecule has 4 nitrogen and oxygen atoms in total. The molecular formula is C13H16N2O2. The molecule has 0 unspecified atom stereocenters. The normalized spacial score (nSPS) is 10.5. The molecule has 1 N–H and O–H groups in total. The lowest BCUT2D eigenvalue weighted by molar-refractivity contribution is 0.317. The second-order valence-electron chi connectivity index (χ2n) is 4.02. The number of hydrogen-bond donors (Lipinski definition) is 1. The molecule has 2 aromatic rings. The van der Waals surface area contributed by atoms with E-state index < -0.39 is 0 Å². The van der Waals surface area contributed by atoms with Gasteiger partial charge in [-0.05, 0) is 24.6 Å². The summed E-state index contributed by atoms with van der Waals surface area (Å²) in [5, 5.41) is 13.6. The molecule has 17 heavy (non-hydrogen) atoms. The fourth-order valence-electron chi connectivity index (χ4n) is 1.64. The minimum atomic E-state index is 0.267. The molecule has 2 rings (SSSR count). The summed E-state index contributed by atoms with van der Waals surface area (Å²) in [4.78, 5) is 0. The first-order valence-corrected chi connectivity index (χ1v) is 5.55. The predicted molar refractivity (Wildman–Crippen MR) is 65.3 cm³/mol. The molecule has 1 aromatic heterocycles. The van der Waals surface area contributed by atoms with E-state index in [4.69, 9.17) is 4.74 Å². The fraction of sp³-hybridized carbons (Fsp3) is 0.308. The first-order valence-electron chi connectivity index (χ1n) is 5.55. The van der Waals surface area contributed by atoms with Crippen LogP contribution in [-0.4, -0.2) is 21.5 Å². The van der Waals surface area contributed by atoms with E-state index in [0.717, 1.165) is 23.3 Å². The standard InChI is InChI=1S/C13H16N2O2/c1-10-12(16)4-3-5-13(10)17-7-6-11-8-14-15(2)9-11/h3-5,8-9,16H,6-7H2,1-2H3. The maximum Gasteiger partial charge on any atom is 0.125 e. The van der Waals surface area contributed by atoms with Gasteiger partial charge in [0, 0.05) is 25.2 Å². The molecule has 0 aliphatic rings. The Morgan fingerprint density at radius 3 is 2.94 bits per heavy atom. The van der Waals surface area contributed by atoms with Crippen molar-refractivity contribution in [3.8, 4) is 11.5 Å². The zero-order valence-electron chi connectivity index (χ0n) is 10.1. The van der Waals surface area contributed by atoms with E-state index in [0.29, 0.717) is 6.61 Å². The first-order chi connectivity index (χ1) is 8.16. The molecule has 90 valence electrons. The highest BCUT2D eigenvalue weighted by molar-refractivity contribution is 5.42. The van der Waals surface area contributed by atoms with Gasteiger partial charge >= 0.3 is 0 Å². The van der Waals surface area contributed by atoms with Crippen molar-refractivity contribution in [1.82, 2.24) is 9.78 Å². The Labute approximate surface area is 100 Å². The summed E-state index contributed by atoms with van der Waals surface area (Å²) in [5.41, 5.74) is 1.92. The molecule has 4 heteroatoms. The SMILES string of the molecule is Cc1c(O)cccc1OCCc1cnn(C)c1. The Hall–Kier alpha value is -1.97. The highest BCUT2D eigenvalue weighted by atomic mass is 16.5. The number of rotatable bonds is 4. The summed E-state index contributed by atoms with van der Waals surface area (Å²) in [6, 6.07) is 5.29. The van der Waals surface area contributed by atoms with Gasteiger partial charge in [0.15, 0.2) is 0 Å². The topological polar surface area (TPSA) is 47.3 Å². The average molecular weight is 232 g/mol. The molecule has 0 radical (unpaired) electrons. The molecule has 0 fully saturated rings. The van der Waals surface area contributed by atoms with E-state index in [-0.39, 0.29) is 5.75 Å². The van der Waals surface area contributed by atoms with Crippen molar-refractivity contribution in [2.24, 2.45) is 7.05 Å². The van der Waals surface area contributed by atoms with Gasteiger partial charge in [0.2, 0.25) is 0 Å². The molecule has 0 bridgehead atoms. The average Bonchev–Trinajstić information content (AvgIpc) is 2.70. The van der Waals surface area contributed by atoms with Crippen molar-refractivity contribution in [3.63, 3.8) is 0 Å². The molecule has 0 aliphatic heterocycles. The molecule has 0 spiro atoms. The van der Waals surface area contributed by atoms with Gasteiger partial charge in [-0.3, -0.25) is 4.68 Å². The van der Waals surface area contributed by atoms with E-state index in [1.165, 1.54) is 0 Å². The number of aromatic nitrogens is 2. The highest BCUT2D eigenvalue weighted by Crippen LogP contribution is 2.25. The number of ether oxygens (including phenoxy) is 1. The molecule has 0 saturated carbocycles. The van der Waals surface area contributed by atoms with Gasteiger partial charge < -0.3 is 9.84 Å². The third-order valence-corrected chi connectivity index (χ3v) is 2.66. The molecule has 0 atom stereocenters. The zero-order chi connectivity index (χ0) is 12.3. The second-order valence-corrected chi connectivity index (χ2v) is 4.02. The lowest BCUT2D eigenvalue weighted by atomic mass is 10.2. The van der Waals surface area contributed by atoms with E-state index >= 15 is 0 Å². The molecule has 0 amide bonds. The van der Waals surface area contributed by atoms with Crippen LogP contribution in [0.4, 0.5) is 0 Å². The van der Waals surface area contributed by atoms with E-state index in [9.17, 15) is 5.11 Å². The largest absolute Gasteiger partial charge is 0.508 e. The predicted octanol–water partition coefficient (Wildman–Crippen LogP) is 2.06. The van der Waals surface area contributed by atoms with Crippen LogP contribution < -0.4 is 4.74 Å². The minimum Gasteiger partial charge on any atom is -0.508 e. The van der Waals surface area contributed by atoms with Crippen LogP contribution >= 0.6 is 0 Å². The van der Waals surface area contributed by atoms with E-state index in [2.05, 4.69) is 5.10 Å². The Morgan fingerprint density at radius 1 is 1.41 bits per heavy atom. The van der Waals surface area contributed by atoms with Crippen LogP contribution in [0, 0.1) is 6.92 Å². The summed E-state index contributed by atoms with van der Waals surface area (Å²) in [6.07, 6.45) is 4.61. The number of aryl methyl sites for hydroxylation is 1. The summed E-state index contributed by atoms with van der Waals surface area (Å²) >= 11 is 0. The van der Waals surface area contributed by atoms with Crippen molar-refractivity contribution in [1.29, 1.82) is 0 Å². The van der Waals surface area contributed by atoms with Crippen LogP contribution in [0.5, 0.6) is 11.5 Å². The van der Waals surface area contributed by atoms with Crippen molar-refractivity contribution >= 4 is 0 Å². The van der Waals surface area contributed by atoms with Gasteiger partial charge in [-0.15, -0.1) is 0 Å². The number of phenolic OH excluding ortho intramolecular Hbond substituents is 1. The first kappa shape index (κ1) is 11.5. The molecular weight excluding hydrogens is 216 g/mol. The van der Waals surface area contributed by atoms with Crippen LogP contribution in [0.3, 0.4) is 0 Å². The van der Waals surface area contributed by atoms with Gasteiger partial charge in [0.25, 0.3) is 0 Å². The lowest BCUT2D eigenvalue weighted by Gasteiger charge is -2.09.